The largest absolute Gasteiger partial charge is 0.383 e. The molecular formula is C12H24N2O2. The first-order valence-electron chi connectivity index (χ1n) is 6.19. The second-order valence-electron chi connectivity index (χ2n) is 4.69. The van der Waals surface area contributed by atoms with E-state index in [2.05, 4.69) is 24.5 Å². The van der Waals surface area contributed by atoms with Crippen LogP contribution in [0.1, 0.15) is 26.7 Å². The van der Waals surface area contributed by atoms with Crippen LogP contribution < -0.4 is 10.6 Å². The van der Waals surface area contributed by atoms with Gasteiger partial charge in [-0.05, 0) is 18.9 Å². The molecule has 0 bridgehead atoms. The molecule has 4 heteroatoms. The molecule has 0 aliphatic carbocycles. The molecule has 1 aliphatic rings. The average Bonchev–Trinajstić information content (AvgIpc) is 2.65. The van der Waals surface area contributed by atoms with Crippen molar-refractivity contribution < 1.29 is 9.53 Å². The Kier molecular flexibility index (Phi) is 5.77. The zero-order valence-electron chi connectivity index (χ0n) is 10.6. The zero-order valence-corrected chi connectivity index (χ0v) is 10.6. The van der Waals surface area contributed by atoms with Gasteiger partial charge in [0.15, 0.2) is 0 Å². The predicted octanol–water partition coefficient (Wildman–Crippen LogP) is 0.773. The molecule has 1 fully saturated rings. The number of rotatable bonds is 6. The zero-order chi connectivity index (χ0) is 12.0. The van der Waals surface area contributed by atoms with Crippen molar-refractivity contribution in [1.29, 1.82) is 0 Å². The number of hydrogen-bond acceptors (Lipinski definition) is 3. The van der Waals surface area contributed by atoms with Crippen LogP contribution in [0.3, 0.4) is 0 Å². The van der Waals surface area contributed by atoms with Gasteiger partial charge in [0.2, 0.25) is 5.91 Å². The van der Waals surface area contributed by atoms with Crippen molar-refractivity contribution in [2.24, 2.45) is 11.8 Å². The number of nitrogens with one attached hydrogen (secondary N) is 2. The van der Waals surface area contributed by atoms with Crippen molar-refractivity contribution in [1.82, 2.24) is 10.6 Å². The van der Waals surface area contributed by atoms with Crippen LogP contribution in [0, 0.1) is 11.8 Å². The highest BCUT2D eigenvalue weighted by molar-refractivity contribution is 5.79. The molecule has 1 unspecified atom stereocenters. The van der Waals surface area contributed by atoms with E-state index in [0.717, 1.165) is 25.9 Å². The highest BCUT2D eigenvalue weighted by Gasteiger charge is 2.30. The molecule has 0 saturated carbocycles. The second-order valence-corrected chi connectivity index (χ2v) is 4.69. The second kappa shape index (κ2) is 6.86. The maximum atomic E-state index is 12.0. The fraction of sp³-hybridized carbons (Fsp3) is 0.917. The van der Waals surface area contributed by atoms with Gasteiger partial charge >= 0.3 is 0 Å². The number of ether oxygens (including phenoxy) is 1. The van der Waals surface area contributed by atoms with Gasteiger partial charge < -0.3 is 15.4 Å². The van der Waals surface area contributed by atoms with E-state index in [9.17, 15) is 4.79 Å². The molecule has 1 rings (SSSR count). The number of carbonyl (C=O) groups is 1. The maximum Gasteiger partial charge on any atom is 0.225 e. The van der Waals surface area contributed by atoms with E-state index in [4.69, 9.17) is 4.74 Å². The lowest BCUT2D eigenvalue weighted by atomic mass is 9.97. The van der Waals surface area contributed by atoms with Crippen LogP contribution in [0.25, 0.3) is 0 Å². The van der Waals surface area contributed by atoms with Gasteiger partial charge in [-0.1, -0.05) is 20.3 Å². The number of methoxy groups -OCH3 is 1. The van der Waals surface area contributed by atoms with Crippen LogP contribution in [0.2, 0.25) is 0 Å². The maximum absolute atomic E-state index is 12.0. The Balaban J connectivity index is 2.40. The lowest BCUT2D eigenvalue weighted by Crippen LogP contribution is -2.43. The minimum absolute atomic E-state index is 0.121. The molecule has 0 spiro atoms. The van der Waals surface area contributed by atoms with Crippen LogP contribution in [-0.4, -0.2) is 38.8 Å². The van der Waals surface area contributed by atoms with Crippen molar-refractivity contribution in [2.75, 3.05) is 26.8 Å². The summed E-state index contributed by atoms with van der Waals surface area (Å²) in [4.78, 5) is 12.0. The first kappa shape index (κ1) is 13.5. The summed E-state index contributed by atoms with van der Waals surface area (Å²) < 4.78 is 5.12. The summed E-state index contributed by atoms with van der Waals surface area (Å²) >= 11 is 0. The quantitative estimate of drug-likeness (QED) is 0.706. The fourth-order valence-electron chi connectivity index (χ4n) is 2.22. The molecule has 1 heterocycles. The monoisotopic (exact) mass is 228 g/mol. The minimum Gasteiger partial charge on any atom is -0.383 e. The number of hydrogen-bond donors (Lipinski definition) is 2. The topological polar surface area (TPSA) is 50.4 Å². The molecule has 94 valence electrons. The number of carbonyl (C=O) groups excluding carboxylic acids is 1. The third kappa shape index (κ3) is 3.76. The van der Waals surface area contributed by atoms with Gasteiger partial charge in [0.05, 0.1) is 18.6 Å². The molecule has 0 aromatic carbocycles. The standard InChI is InChI=1S/C12H24N2O2/c1-4-5-10(8-16-3)14-12(15)11-7-13-6-9(11)2/h9-11,13H,4-8H2,1-3H3,(H,14,15)/t9-,10?,11-/m1/s1. The Labute approximate surface area is 98.1 Å². The molecular weight excluding hydrogens is 204 g/mol. The fourth-order valence-corrected chi connectivity index (χ4v) is 2.22. The van der Waals surface area contributed by atoms with E-state index in [1.54, 1.807) is 7.11 Å². The molecule has 16 heavy (non-hydrogen) atoms. The Bertz CT molecular complexity index is 215. The lowest BCUT2D eigenvalue weighted by molar-refractivity contribution is -0.126. The van der Waals surface area contributed by atoms with Crippen LogP contribution in [0.5, 0.6) is 0 Å². The SMILES string of the molecule is CCCC(COC)NC(=O)[C@@H]1CNC[C@H]1C. The third-order valence-electron chi connectivity index (χ3n) is 3.21. The van der Waals surface area contributed by atoms with Gasteiger partial charge in [-0.25, -0.2) is 0 Å². The molecule has 1 saturated heterocycles. The first-order chi connectivity index (χ1) is 7.69. The van der Waals surface area contributed by atoms with Crippen molar-refractivity contribution in [2.45, 2.75) is 32.7 Å². The molecule has 2 N–H and O–H groups in total. The summed E-state index contributed by atoms with van der Waals surface area (Å²) in [5.41, 5.74) is 0. The summed E-state index contributed by atoms with van der Waals surface area (Å²) in [6, 6.07) is 0.162. The van der Waals surface area contributed by atoms with Gasteiger partial charge in [0.1, 0.15) is 0 Å². The molecule has 0 radical (unpaired) electrons. The van der Waals surface area contributed by atoms with Crippen molar-refractivity contribution in [3.05, 3.63) is 0 Å². The third-order valence-corrected chi connectivity index (χ3v) is 3.21. The van der Waals surface area contributed by atoms with E-state index >= 15 is 0 Å². The Hall–Kier alpha value is -0.610. The van der Waals surface area contributed by atoms with Crippen LogP contribution in [0.4, 0.5) is 0 Å². The summed E-state index contributed by atoms with van der Waals surface area (Å²) in [6.45, 7) is 6.59. The van der Waals surface area contributed by atoms with Crippen molar-refractivity contribution in [3.63, 3.8) is 0 Å². The molecule has 0 aromatic heterocycles. The van der Waals surface area contributed by atoms with E-state index in [1.165, 1.54) is 0 Å². The Morgan fingerprint density at radius 1 is 1.56 bits per heavy atom. The lowest BCUT2D eigenvalue weighted by Gasteiger charge is -2.21. The van der Waals surface area contributed by atoms with Gasteiger partial charge in [-0.3, -0.25) is 4.79 Å². The Morgan fingerprint density at radius 2 is 2.31 bits per heavy atom. The summed E-state index contributed by atoms with van der Waals surface area (Å²) in [5, 5.41) is 6.34. The normalized spacial score (nSPS) is 26.7. The van der Waals surface area contributed by atoms with Gasteiger partial charge in [-0.15, -0.1) is 0 Å². The smallest absolute Gasteiger partial charge is 0.225 e. The van der Waals surface area contributed by atoms with E-state index in [0.29, 0.717) is 12.5 Å². The molecule has 1 aliphatic heterocycles. The van der Waals surface area contributed by atoms with Gasteiger partial charge in [0.25, 0.3) is 0 Å². The van der Waals surface area contributed by atoms with Crippen LogP contribution in [0.15, 0.2) is 0 Å². The van der Waals surface area contributed by atoms with Crippen molar-refractivity contribution >= 4 is 5.91 Å². The van der Waals surface area contributed by atoms with Gasteiger partial charge in [0, 0.05) is 13.7 Å². The summed E-state index contributed by atoms with van der Waals surface area (Å²) in [7, 11) is 1.68. The number of amides is 1. The van der Waals surface area contributed by atoms with Gasteiger partial charge in [-0.2, -0.15) is 0 Å². The molecule has 1 amide bonds. The van der Waals surface area contributed by atoms with Crippen LogP contribution in [-0.2, 0) is 9.53 Å². The van der Waals surface area contributed by atoms with E-state index in [1.807, 2.05) is 0 Å². The van der Waals surface area contributed by atoms with E-state index < -0.39 is 0 Å². The van der Waals surface area contributed by atoms with Crippen molar-refractivity contribution in [3.8, 4) is 0 Å². The molecule has 4 nitrogen and oxygen atoms in total. The highest BCUT2D eigenvalue weighted by Crippen LogP contribution is 2.16. The predicted molar refractivity (Wildman–Crippen MR) is 64.2 cm³/mol. The average molecular weight is 228 g/mol. The highest BCUT2D eigenvalue weighted by atomic mass is 16.5. The Morgan fingerprint density at radius 3 is 2.81 bits per heavy atom. The van der Waals surface area contributed by atoms with E-state index in [-0.39, 0.29) is 17.9 Å². The first-order valence-corrected chi connectivity index (χ1v) is 6.19. The molecule has 0 aromatic rings. The van der Waals surface area contributed by atoms with Crippen LogP contribution >= 0.6 is 0 Å². The summed E-state index contributed by atoms with van der Waals surface area (Å²) in [6.07, 6.45) is 2.04. The minimum atomic E-state index is 0.121. The summed E-state index contributed by atoms with van der Waals surface area (Å²) in [5.74, 6) is 0.731. The molecule has 3 atom stereocenters.